The molecule has 0 bridgehead atoms. The van der Waals surface area contributed by atoms with Crippen molar-refractivity contribution in [3.8, 4) is 40.1 Å². The van der Waals surface area contributed by atoms with E-state index in [1.807, 2.05) is 0 Å². The van der Waals surface area contributed by atoms with Crippen LogP contribution in [-0.4, -0.2) is 100 Å². The molecule has 1 saturated carbocycles. The number of Topliss-reactive ketones (excluding diaryl/α,β-unsaturated/α-hetero) is 4. The van der Waals surface area contributed by atoms with Crippen molar-refractivity contribution in [2.24, 2.45) is 0 Å². The first kappa shape index (κ1) is 29.8. The normalized spacial score (nSPS) is 28.2. The largest absolute Gasteiger partial charge is 0.507 e. The van der Waals surface area contributed by atoms with Crippen molar-refractivity contribution in [1.29, 1.82) is 0 Å². The fourth-order valence-electron chi connectivity index (χ4n) is 5.14. The molecule has 1 unspecified atom stereocenters. The van der Waals surface area contributed by atoms with Gasteiger partial charge in [-0.15, -0.1) is 0 Å². The zero-order chi connectivity index (χ0) is 31.4. The van der Waals surface area contributed by atoms with Crippen molar-refractivity contribution in [1.82, 2.24) is 0 Å². The number of phenols is 4. The summed E-state index contributed by atoms with van der Waals surface area (Å²) in [4.78, 5) is 51.9. The number of aliphatic hydroxyl groups is 4. The van der Waals surface area contributed by atoms with Crippen LogP contribution in [0.15, 0.2) is 40.8 Å². The third-order valence-corrected chi connectivity index (χ3v) is 7.44. The third kappa shape index (κ3) is 4.63. The summed E-state index contributed by atoms with van der Waals surface area (Å²) in [5.74, 6) is -12.0. The Morgan fingerprint density at radius 3 is 2.28 bits per heavy atom. The van der Waals surface area contributed by atoms with Gasteiger partial charge in [0, 0.05) is 31.0 Å². The Hall–Kier alpha value is -4.67. The number of hydrogen-bond donors (Lipinski definition) is 8. The van der Waals surface area contributed by atoms with E-state index in [-0.39, 0.29) is 16.5 Å². The molecule has 1 aromatic heterocycles. The average molecular weight is 601 g/mol. The number of aromatic hydroxyl groups is 4. The minimum atomic E-state index is -3.56. The molecule has 2 aromatic carbocycles. The number of fused-ring (bicyclic) bond motifs is 2. The van der Waals surface area contributed by atoms with Gasteiger partial charge in [-0.25, -0.2) is 4.42 Å². The molecule has 2 aliphatic rings. The highest BCUT2D eigenvalue weighted by Crippen LogP contribution is 2.47. The topological polar surface area (TPSA) is 260 Å². The van der Waals surface area contributed by atoms with Gasteiger partial charge in [-0.3, -0.25) is 19.2 Å². The maximum Gasteiger partial charge on any atom is 0.402 e. The second-order valence-corrected chi connectivity index (χ2v) is 10.1. The number of hydrogen-bond acceptors (Lipinski definition) is 14. The van der Waals surface area contributed by atoms with Gasteiger partial charge in [0.15, 0.2) is 23.1 Å². The first-order valence-electron chi connectivity index (χ1n) is 12.8. The van der Waals surface area contributed by atoms with Gasteiger partial charge in [-0.1, -0.05) is 0 Å². The van der Waals surface area contributed by atoms with Crippen molar-refractivity contribution in [2.75, 3.05) is 6.61 Å². The number of aliphatic hydroxyl groups excluding tert-OH is 3. The monoisotopic (exact) mass is 601 g/mol. The number of phenolic OH excluding ortho intramolecular Hbond substituents is 4. The first-order valence-corrected chi connectivity index (χ1v) is 12.8. The van der Waals surface area contributed by atoms with Gasteiger partial charge >= 0.3 is 17.1 Å². The van der Waals surface area contributed by atoms with Crippen molar-refractivity contribution >= 4 is 34.1 Å². The quantitative estimate of drug-likeness (QED) is 0.0817. The van der Waals surface area contributed by atoms with Crippen LogP contribution in [-0.2, 0) is 23.9 Å². The van der Waals surface area contributed by atoms with E-state index in [2.05, 4.69) is 0 Å². The number of carbonyl (C=O) groups is 4. The van der Waals surface area contributed by atoms with Crippen molar-refractivity contribution in [3.05, 3.63) is 36.4 Å². The second kappa shape index (κ2) is 10.6. The Bertz CT molecular complexity index is 1680. The van der Waals surface area contributed by atoms with E-state index in [9.17, 15) is 60.0 Å². The molecule has 2 fully saturated rings. The summed E-state index contributed by atoms with van der Waals surface area (Å²) in [6, 6.07) is 6.29. The molecule has 0 radical (unpaired) electrons. The smallest absolute Gasteiger partial charge is 0.402 e. The van der Waals surface area contributed by atoms with Crippen LogP contribution in [0.4, 0.5) is 0 Å². The van der Waals surface area contributed by atoms with Crippen LogP contribution in [0.3, 0.4) is 0 Å². The molecule has 0 amide bonds. The van der Waals surface area contributed by atoms with Gasteiger partial charge in [-0.2, -0.15) is 0 Å². The average Bonchev–Trinajstić information content (AvgIpc) is 2.98. The van der Waals surface area contributed by atoms with Crippen LogP contribution in [0.1, 0.15) is 19.3 Å². The predicted octanol–water partition coefficient (Wildman–Crippen LogP) is -0.417. The van der Waals surface area contributed by atoms with E-state index in [4.69, 9.17) is 13.9 Å². The lowest BCUT2D eigenvalue weighted by molar-refractivity contribution is -0.347. The van der Waals surface area contributed by atoms with Crippen LogP contribution in [0.25, 0.3) is 22.3 Å². The lowest BCUT2D eigenvalue weighted by atomic mass is 9.73. The standard InChI is InChI=1S/C28H24O15/c29-10-21-24(38)26(39)27(40)23(37)9-18(35)15(32)3-4-22(36)28(27,43-21)42-20-8-13-16(33)6-12(30)7-19(13)41-25(20)11-1-2-14(31)17(34)5-11/h1-2,5-8,21,24,26,29,38-40H,3-4,9-10H2,(H3-,30,31,32,33,34,35)/p+1/t21-,24-,26+,27-,28?/m1/s1. The van der Waals surface area contributed by atoms with Gasteiger partial charge in [0.05, 0.1) is 24.7 Å². The van der Waals surface area contributed by atoms with Gasteiger partial charge in [-0.05, 0) is 12.1 Å². The van der Waals surface area contributed by atoms with Crippen LogP contribution < -0.4 is 4.74 Å². The second-order valence-electron chi connectivity index (χ2n) is 10.1. The maximum absolute atomic E-state index is 13.8. The predicted molar refractivity (Wildman–Crippen MR) is 139 cm³/mol. The van der Waals surface area contributed by atoms with Gasteiger partial charge in [0.25, 0.3) is 0 Å². The van der Waals surface area contributed by atoms with Crippen molar-refractivity contribution in [2.45, 2.75) is 49.0 Å². The molecule has 226 valence electrons. The number of rotatable bonds is 4. The lowest BCUT2D eigenvalue weighted by Gasteiger charge is -2.52. The fourth-order valence-corrected chi connectivity index (χ4v) is 5.14. The van der Waals surface area contributed by atoms with Crippen molar-refractivity contribution in [3.63, 3.8) is 0 Å². The highest BCUT2D eigenvalue weighted by molar-refractivity contribution is 6.41. The Morgan fingerprint density at radius 2 is 1.60 bits per heavy atom. The third-order valence-electron chi connectivity index (χ3n) is 7.44. The molecule has 5 rings (SSSR count). The molecule has 1 saturated heterocycles. The van der Waals surface area contributed by atoms with Gasteiger partial charge in [0.2, 0.25) is 22.9 Å². The summed E-state index contributed by atoms with van der Waals surface area (Å²) < 4.78 is 17.4. The molecule has 5 atom stereocenters. The number of ketones is 4. The van der Waals surface area contributed by atoms with E-state index in [0.29, 0.717) is 0 Å². The highest BCUT2D eigenvalue weighted by atomic mass is 16.7. The summed E-state index contributed by atoms with van der Waals surface area (Å²) in [5, 5.41) is 83.6. The highest BCUT2D eigenvalue weighted by Gasteiger charge is 2.73. The van der Waals surface area contributed by atoms with Crippen LogP contribution in [0.5, 0.6) is 28.7 Å². The zero-order valence-corrected chi connectivity index (χ0v) is 22.0. The minimum Gasteiger partial charge on any atom is -0.507 e. The number of ether oxygens (including phenoxy) is 2. The molecular weight excluding hydrogens is 576 g/mol. The fraction of sp³-hybridized carbons (Fsp3) is 0.321. The molecule has 2 heterocycles. The summed E-state index contributed by atoms with van der Waals surface area (Å²) in [5.41, 5.74) is -3.81. The van der Waals surface area contributed by atoms with Crippen LogP contribution in [0, 0.1) is 0 Å². The zero-order valence-electron chi connectivity index (χ0n) is 22.0. The summed E-state index contributed by atoms with van der Waals surface area (Å²) in [7, 11) is 0. The lowest BCUT2D eigenvalue weighted by Crippen LogP contribution is -2.80. The summed E-state index contributed by atoms with van der Waals surface area (Å²) in [6.45, 7) is -1.07. The Labute approximate surface area is 240 Å². The Kier molecular flexibility index (Phi) is 7.32. The Morgan fingerprint density at radius 1 is 0.884 bits per heavy atom. The first-order chi connectivity index (χ1) is 20.2. The van der Waals surface area contributed by atoms with Crippen LogP contribution in [0.2, 0.25) is 0 Å². The molecule has 1 aliphatic carbocycles. The van der Waals surface area contributed by atoms with E-state index in [0.717, 1.165) is 30.3 Å². The van der Waals surface area contributed by atoms with E-state index >= 15 is 0 Å². The SMILES string of the molecule is O=C1CCC(=O)C2(Oc3cc4c(O)cc(O)cc4[o+]c3-c3ccc(O)c(O)c3)O[C@H](CO)[C@@H](O)[C@H](O)[C@]2(O)C(=O)CC1=O. The number of benzene rings is 2. The minimum absolute atomic E-state index is 0.0720. The van der Waals surface area contributed by atoms with Crippen molar-refractivity contribution < 1.29 is 73.9 Å². The van der Waals surface area contributed by atoms with E-state index in [1.165, 1.54) is 6.07 Å². The molecule has 8 N–H and O–H groups in total. The molecule has 0 spiro atoms. The van der Waals surface area contributed by atoms with Gasteiger partial charge in [0.1, 0.15) is 35.2 Å². The van der Waals surface area contributed by atoms with E-state index < -0.39 is 113 Å². The van der Waals surface area contributed by atoms with Crippen LogP contribution >= 0.6 is 0 Å². The van der Waals surface area contributed by atoms with Gasteiger partial charge < -0.3 is 50.3 Å². The summed E-state index contributed by atoms with van der Waals surface area (Å²) in [6.07, 6.45) is -9.61. The molecule has 15 nitrogen and oxygen atoms in total. The molecule has 43 heavy (non-hydrogen) atoms. The summed E-state index contributed by atoms with van der Waals surface area (Å²) >= 11 is 0. The number of carbonyl (C=O) groups excluding carboxylic acids is 4. The molecule has 1 aliphatic heterocycles. The molecule has 3 aromatic rings. The maximum atomic E-state index is 13.8. The molecular formula is C28H25O15+. The Balaban J connectivity index is 1.82. The molecule has 15 heteroatoms. The van der Waals surface area contributed by atoms with E-state index in [1.54, 1.807) is 0 Å².